The smallest absolute Gasteiger partial charge is 0.274 e. The summed E-state index contributed by atoms with van der Waals surface area (Å²) in [7, 11) is 1.74. The van der Waals surface area contributed by atoms with Crippen LogP contribution in [0.4, 0.5) is 0 Å². The van der Waals surface area contributed by atoms with Crippen LogP contribution in [0.1, 0.15) is 85.0 Å². The van der Waals surface area contributed by atoms with Gasteiger partial charge in [0, 0.05) is 43.2 Å². The molecule has 1 aromatic carbocycles. The summed E-state index contributed by atoms with van der Waals surface area (Å²) in [5.74, 6) is -0.895. The number of aryl methyl sites for hydroxylation is 2. The zero-order valence-corrected chi connectivity index (χ0v) is 22.7. The molecule has 1 aromatic heterocycles. The summed E-state index contributed by atoms with van der Waals surface area (Å²) in [5, 5.41) is 7.68. The topological polar surface area (TPSA) is 114 Å². The second-order valence-electron chi connectivity index (χ2n) is 11.5. The van der Waals surface area contributed by atoms with E-state index in [1.54, 1.807) is 29.9 Å². The number of carbonyl (C=O) groups is 3. The zero-order chi connectivity index (χ0) is 26.9. The summed E-state index contributed by atoms with van der Waals surface area (Å²) in [6.07, 6.45) is 2.80. The van der Waals surface area contributed by atoms with Gasteiger partial charge in [-0.1, -0.05) is 38.5 Å². The van der Waals surface area contributed by atoms with Crippen LogP contribution in [0.3, 0.4) is 0 Å². The quantitative estimate of drug-likeness (QED) is 0.659. The van der Waals surface area contributed by atoms with Crippen LogP contribution in [0.2, 0.25) is 0 Å². The Kier molecular flexibility index (Phi) is 7.73. The van der Waals surface area contributed by atoms with Gasteiger partial charge in [-0.25, -0.2) is 0 Å². The van der Waals surface area contributed by atoms with Crippen molar-refractivity contribution in [2.24, 2.45) is 12.8 Å². The number of rotatable bonds is 4. The summed E-state index contributed by atoms with van der Waals surface area (Å²) in [6, 6.07) is 9.22. The van der Waals surface area contributed by atoms with Gasteiger partial charge in [0.15, 0.2) is 6.17 Å². The largest absolute Gasteiger partial charge is 0.350 e. The maximum atomic E-state index is 13.9. The van der Waals surface area contributed by atoms with Crippen molar-refractivity contribution >= 4 is 17.7 Å². The van der Waals surface area contributed by atoms with Crippen molar-refractivity contribution < 1.29 is 14.4 Å². The van der Waals surface area contributed by atoms with Crippen molar-refractivity contribution in [1.29, 1.82) is 0 Å². The molecule has 0 bridgehead atoms. The first kappa shape index (κ1) is 26.9. The lowest BCUT2D eigenvalue weighted by Gasteiger charge is -2.43. The average Bonchev–Trinajstić information content (AvgIpc) is 3.26. The van der Waals surface area contributed by atoms with E-state index >= 15 is 0 Å². The van der Waals surface area contributed by atoms with E-state index in [1.807, 2.05) is 39.8 Å². The molecule has 200 valence electrons. The molecule has 0 spiro atoms. The molecule has 37 heavy (non-hydrogen) atoms. The van der Waals surface area contributed by atoms with Crippen LogP contribution < -0.4 is 11.1 Å². The minimum Gasteiger partial charge on any atom is -0.350 e. The molecule has 9 nitrogen and oxygen atoms in total. The molecule has 3 N–H and O–H groups in total. The van der Waals surface area contributed by atoms with Crippen LogP contribution >= 0.6 is 0 Å². The third-order valence-electron chi connectivity index (χ3n) is 7.43. The molecule has 2 aliphatic rings. The van der Waals surface area contributed by atoms with E-state index in [4.69, 9.17) is 5.73 Å². The summed E-state index contributed by atoms with van der Waals surface area (Å²) in [4.78, 5) is 44.4. The van der Waals surface area contributed by atoms with Crippen LogP contribution in [-0.2, 0) is 17.3 Å². The predicted octanol–water partition coefficient (Wildman–Crippen LogP) is 2.73. The van der Waals surface area contributed by atoms with Crippen molar-refractivity contribution in [3.8, 4) is 0 Å². The van der Waals surface area contributed by atoms with E-state index in [0.29, 0.717) is 30.8 Å². The highest BCUT2D eigenvalue weighted by Gasteiger charge is 2.42. The van der Waals surface area contributed by atoms with Gasteiger partial charge < -0.3 is 20.9 Å². The highest BCUT2D eigenvalue weighted by Crippen LogP contribution is 2.26. The fourth-order valence-corrected chi connectivity index (χ4v) is 5.11. The molecule has 9 heteroatoms. The zero-order valence-electron chi connectivity index (χ0n) is 22.7. The van der Waals surface area contributed by atoms with Gasteiger partial charge in [-0.15, -0.1) is 0 Å². The third kappa shape index (κ3) is 5.87. The Hall–Kier alpha value is -3.20. The molecule has 3 amide bonds. The first-order valence-corrected chi connectivity index (χ1v) is 13.2. The molecule has 4 rings (SSSR count). The summed E-state index contributed by atoms with van der Waals surface area (Å²) >= 11 is 0. The van der Waals surface area contributed by atoms with E-state index in [2.05, 4.69) is 10.4 Å². The van der Waals surface area contributed by atoms with Crippen molar-refractivity contribution in [2.75, 3.05) is 13.1 Å². The second kappa shape index (κ2) is 10.7. The fourth-order valence-electron chi connectivity index (χ4n) is 5.11. The highest BCUT2D eigenvalue weighted by atomic mass is 16.2. The molecule has 1 unspecified atom stereocenters. The number of amides is 3. The van der Waals surface area contributed by atoms with Crippen molar-refractivity contribution in [3.05, 3.63) is 52.8 Å². The van der Waals surface area contributed by atoms with E-state index in [-0.39, 0.29) is 35.2 Å². The summed E-state index contributed by atoms with van der Waals surface area (Å²) in [6.45, 7) is 8.85. The van der Waals surface area contributed by atoms with Crippen molar-refractivity contribution in [1.82, 2.24) is 24.9 Å². The Bertz CT molecular complexity index is 1140. The minimum atomic E-state index is -1.04. The number of nitrogens with zero attached hydrogens (tertiary/aromatic N) is 4. The Balaban J connectivity index is 1.66. The lowest BCUT2D eigenvalue weighted by Crippen LogP contribution is -2.64. The van der Waals surface area contributed by atoms with Crippen LogP contribution in [0, 0.1) is 6.92 Å². The van der Waals surface area contributed by atoms with Gasteiger partial charge in [-0.3, -0.25) is 19.1 Å². The molecule has 1 aliphatic heterocycles. The lowest BCUT2D eigenvalue weighted by molar-refractivity contribution is -0.133. The Labute approximate surface area is 219 Å². The van der Waals surface area contributed by atoms with E-state index in [9.17, 15) is 14.4 Å². The molecule has 1 aliphatic carbocycles. The Morgan fingerprint density at radius 2 is 1.57 bits per heavy atom. The van der Waals surface area contributed by atoms with Gasteiger partial charge in [-0.05, 0) is 57.2 Å². The van der Waals surface area contributed by atoms with E-state index in [1.165, 1.54) is 9.80 Å². The number of hydrogen-bond acceptors (Lipinski definition) is 5. The van der Waals surface area contributed by atoms with Gasteiger partial charge >= 0.3 is 0 Å². The van der Waals surface area contributed by atoms with Crippen molar-refractivity contribution in [2.45, 2.75) is 83.5 Å². The highest BCUT2D eigenvalue weighted by molar-refractivity contribution is 6.01. The molecule has 1 atom stereocenters. The molecular weight excluding hydrogens is 468 g/mol. The van der Waals surface area contributed by atoms with Crippen LogP contribution in [-0.4, -0.2) is 68.6 Å². The lowest BCUT2D eigenvalue weighted by atomic mass is 9.91. The molecule has 1 saturated heterocycles. The normalized spacial score (nSPS) is 22.6. The van der Waals surface area contributed by atoms with E-state index in [0.717, 1.165) is 36.9 Å². The number of nitrogens with one attached hydrogen (secondary N) is 1. The molecular formula is C28H40N6O3. The second-order valence-corrected chi connectivity index (χ2v) is 11.5. The average molecular weight is 509 g/mol. The molecule has 2 aromatic rings. The molecule has 1 saturated carbocycles. The standard InChI is InChI=1S/C28H40N6O3/c1-18-7-9-19(10-8-18)26(36)33-15-6-16-34(25(33)24(35)30-21-13-11-20(29)12-14-21)27(37)22-17-23(28(2,3)4)31-32(22)5/h7-10,17,20-21,25H,6,11-16,29H2,1-5H3,(H,30,35). The molecule has 2 fully saturated rings. The van der Waals surface area contributed by atoms with Crippen LogP contribution in [0.5, 0.6) is 0 Å². The monoisotopic (exact) mass is 508 g/mol. The van der Waals surface area contributed by atoms with Crippen molar-refractivity contribution in [3.63, 3.8) is 0 Å². The summed E-state index contributed by atoms with van der Waals surface area (Å²) in [5.41, 5.74) is 8.56. The van der Waals surface area contributed by atoms with Crippen LogP contribution in [0.15, 0.2) is 30.3 Å². The molecule has 0 radical (unpaired) electrons. The number of benzene rings is 1. The summed E-state index contributed by atoms with van der Waals surface area (Å²) < 4.78 is 1.57. The van der Waals surface area contributed by atoms with Gasteiger partial charge in [0.05, 0.1) is 5.69 Å². The molecule has 2 heterocycles. The van der Waals surface area contributed by atoms with Gasteiger partial charge in [-0.2, -0.15) is 5.10 Å². The SMILES string of the molecule is Cc1ccc(C(=O)N2CCCN(C(=O)c3cc(C(C)(C)C)nn3C)C2C(=O)NC2CCC(N)CC2)cc1. The van der Waals surface area contributed by atoms with Gasteiger partial charge in [0.25, 0.3) is 17.7 Å². The number of carbonyl (C=O) groups excluding carboxylic acids is 3. The number of aromatic nitrogens is 2. The fraction of sp³-hybridized carbons (Fsp3) is 0.571. The Morgan fingerprint density at radius 3 is 2.14 bits per heavy atom. The predicted molar refractivity (Wildman–Crippen MR) is 142 cm³/mol. The maximum absolute atomic E-state index is 13.9. The van der Waals surface area contributed by atoms with E-state index < -0.39 is 6.17 Å². The minimum absolute atomic E-state index is 0.0216. The van der Waals surface area contributed by atoms with Crippen LogP contribution in [0.25, 0.3) is 0 Å². The first-order chi connectivity index (χ1) is 17.5. The maximum Gasteiger partial charge on any atom is 0.274 e. The third-order valence-corrected chi connectivity index (χ3v) is 7.43. The number of hydrogen-bond donors (Lipinski definition) is 2. The van der Waals surface area contributed by atoms with Gasteiger partial charge in [0.2, 0.25) is 0 Å². The Morgan fingerprint density at radius 1 is 0.973 bits per heavy atom. The van der Waals surface area contributed by atoms with Gasteiger partial charge in [0.1, 0.15) is 5.69 Å². The first-order valence-electron chi connectivity index (χ1n) is 13.2. The number of nitrogens with two attached hydrogens (primary N) is 1.